The van der Waals surface area contributed by atoms with Gasteiger partial charge in [-0.3, -0.25) is 4.79 Å². The molecule has 0 aromatic heterocycles. The van der Waals surface area contributed by atoms with E-state index in [0.717, 1.165) is 17.7 Å². The highest BCUT2D eigenvalue weighted by atomic mass is 16.5. The zero-order valence-electron chi connectivity index (χ0n) is 14.2. The fourth-order valence-electron chi connectivity index (χ4n) is 1.95. The summed E-state index contributed by atoms with van der Waals surface area (Å²) in [5.74, 6) is 6.38. The van der Waals surface area contributed by atoms with Crippen LogP contribution >= 0.6 is 0 Å². The second kappa shape index (κ2) is 8.48. The summed E-state index contributed by atoms with van der Waals surface area (Å²) in [6, 6.07) is 7.79. The van der Waals surface area contributed by atoms with Gasteiger partial charge in [-0.2, -0.15) is 0 Å². The minimum Gasteiger partial charge on any atom is -0.494 e. The van der Waals surface area contributed by atoms with Crippen molar-refractivity contribution < 1.29 is 14.3 Å². The van der Waals surface area contributed by atoms with Crippen LogP contribution in [0.4, 0.5) is 0 Å². The fourth-order valence-corrected chi connectivity index (χ4v) is 1.95. The van der Waals surface area contributed by atoms with Crippen LogP contribution in [-0.4, -0.2) is 19.7 Å². The third-order valence-corrected chi connectivity index (χ3v) is 3.32. The number of methoxy groups -OCH3 is 1. The second-order valence-corrected chi connectivity index (χ2v) is 6.46. The first-order valence-electron chi connectivity index (χ1n) is 7.57. The van der Waals surface area contributed by atoms with Gasteiger partial charge in [0.1, 0.15) is 5.75 Å². The van der Waals surface area contributed by atoms with Gasteiger partial charge in [-0.25, -0.2) is 0 Å². The van der Waals surface area contributed by atoms with Crippen molar-refractivity contribution in [2.45, 2.75) is 46.5 Å². The molecule has 0 N–H and O–H groups in total. The molecule has 3 nitrogen and oxygen atoms in total. The molecule has 1 unspecified atom stereocenters. The molecule has 0 radical (unpaired) electrons. The van der Waals surface area contributed by atoms with Crippen LogP contribution in [0.3, 0.4) is 0 Å². The van der Waals surface area contributed by atoms with Crippen molar-refractivity contribution in [3.05, 3.63) is 29.8 Å². The van der Waals surface area contributed by atoms with E-state index in [4.69, 9.17) is 9.47 Å². The van der Waals surface area contributed by atoms with Gasteiger partial charge in [-0.1, -0.05) is 38.8 Å². The van der Waals surface area contributed by atoms with Crippen LogP contribution in [0.25, 0.3) is 0 Å². The SMILES string of the molecule is CC#CC(CC(=O)OC)c1ccc(OCCC(C)(C)C)cc1. The summed E-state index contributed by atoms with van der Waals surface area (Å²) in [4.78, 5) is 11.5. The molecule has 0 bridgehead atoms. The lowest BCUT2D eigenvalue weighted by atomic mass is 9.93. The maximum absolute atomic E-state index is 11.5. The van der Waals surface area contributed by atoms with Gasteiger partial charge < -0.3 is 9.47 Å². The number of esters is 1. The van der Waals surface area contributed by atoms with Crippen LogP contribution < -0.4 is 4.74 Å². The van der Waals surface area contributed by atoms with Crippen LogP contribution in [0.5, 0.6) is 5.75 Å². The Morgan fingerprint density at radius 1 is 1.23 bits per heavy atom. The molecular weight excluding hydrogens is 276 g/mol. The molecule has 0 saturated heterocycles. The predicted octanol–water partition coefficient (Wildman–Crippen LogP) is 4.17. The van der Waals surface area contributed by atoms with Crippen LogP contribution in [0, 0.1) is 17.3 Å². The van der Waals surface area contributed by atoms with Crippen molar-refractivity contribution >= 4 is 5.97 Å². The summed E-state index contributed by atoms with van der Waals surface area (Å²) in [6.45, 7) is 9.05. The summed E-state index contributed by atoms with van der Waals surface area (Å²) >= 11 is 0. The molecule has 1 aromatic rings. The van der Waals surface area contributed by atoms with Gasteiger partial charge in [0.15, 0.2) is 0 Å². The van der Waals surface area contributed by atoms with Gasteiger partial charge in [-0.15, -0.1) is 5.92 Å². The molecular formula is C19H26O3. The summed E-state index contributed by atoms with van der Waals surface area (Å²) in [5.41, 5.74) is 1.27. The summed E-state index contributed by atoms with van der Waals surface area (Å²) in [5, 5.41) is 0. The van der Waals surface area contributed by atoms with Crippen molar-refractivity contribution in [2.75, 3.05) is 13.7 Å². The van der Waals surface area contributed by atoms with E-state index >= 15 is 0 Å². The first-order valence-corrected chi connectivity index (χ1v) is 7.57. The Balaban J connectivity index is 2.68. The highest BCUT2D eigenvalue weighted by Gasteiger charge is 2.14. The van der Waals surface area contributed by atoms with E-state index < -0.39 is 0 Å². The van der Waals surface area contributed by atoms with Gasteiger partial charge in [-0.05, 0) is 36.5 Å². The van der Waals surface area contributed by atoms with Crippen molar-refractivity contribution in [1.82, 2.24) is 0 Å². The standard InChI is InChI=1S/C19H26O3/c1-6-7-16(14-18(20)21-5)15-8-10-17(11-9-15)22-13-12-19(2,3)4/h8-11,16H,12-14H2,1-5H3. The third kappa shape index (κ3) is 6.67. The zero-order chi connectivity index (χ0) is 16.6. The molecule has 0 heterocycles. The Hall–Kier alpha value is -1.95. The number of hydrogen-bond acceptors (Lipinski definition) is 3. The first kappa shape index (κ1) is 18.1. The molecule has 120 valence electrons. The van der Waals surface area contributed by atoms with Gasteiger partial charge >= 0.3 is 5.97 Å². The number of carbonyl (C=O) groups excluding carboxylic acids is 1. The Morgan fingerprint density at radius 3 is 2.36 bits per heavy atom. The number of hydrogen-bond donors (Lipinski definition) is 0. The zero-order valence-corrected chi connectivity index (χ0v) is 14.2. The number of benzene rings is 1. The Labute approximate surface area is 134 Å². The van der Waals surface area contributed by atoms with Gasteiger partial charge in [0.25, 0.3) is 0 Å². The molecule has 0 fully saturated rings. The average Bonchev–Trinajstić information content (AvgIpc) is 2.46. The Bertz CT molecular complexity index is 527. The lowest BCUT2D eigenvalue weighted by molar-refractivity contribution is -0.140. The van der Waals surface area contributed by atoms with E-state index in [2.05, 4.69) is 32.6 Å². The highest BCUT2D eigenvalue weighted by Crippen LogP contribution is 2.24. The largest absolute Gasteiger partial charge is 0.494 e. The second-order valence-electron chi connectivity index (χ2n) is 6.46. The maximum Gasteiger partial charge on any atom is 0.307 e. The Morgan fingerprint density at radius 2 is 1.86 bits per heavy atom. The van der Waals surface area contributed by atoms with Crippen molar-refractivity contribution in [1.29, 1.82) is 0 Å². The quantitative estimate of drug-likeness (QED) is 0.584. The monoisotopic (exact) mass is 302 g/mol. The van der Waals surface area contributed by atoms with E-state index in [0.29, 0.717) is 6.61 Å². The van der Waals surface area contributed by atoms with Crippen molar-refractivity contribution in [3.8, 4) is 17.6 Å². The van der Waals surface area contributed by atoms with Crippen LogP contribution in [0.2, 0.25) is 0 Å². The van der Waals surface area contributed by atoms with E-state index in [-0.39, 0.29) is 23.7 Å². The fraction of sp³-hybridized carbons (Fsp3) is 0.526. The molecule has 0 spiro atoms. The first-order chi connectivity index (χ1) is 10.4. The molecule has 22 heavy (non-hydrogen) atoms. The molecule has 3 heteroatoms. The minimum absolute atomic E-state index is 0.138. The molecule has 0 aliphatic heterocycles. The average molecular weight is 302 g/mol. The normalized spacial score (nSPS) is 12.0. The molecule has 1 rings (SSSR count). The molecule has 1 atom stereocenters. The van der Waals surface area contributed by atoms with Crippen LogP contribution in [0.15, 0.2) is 24.3 Å². The van der Waals surface area contributed by atoms with Gasteiger partial charge in [0.2, 0.25) is 0 Å². The number of ether oxygens (including phenoxy) is 2. The van der Waals surface area contributed by atoms with Gasteiger partial charge in [0, 0.05) is 0 Å². The molecule has 0 aliphatic rings. The highest BCUT2D eigenvalue weighted by molar-refractivity contribution is 5.71. The summed E-state index contributed by atoms with van der Waals surface area (Å²) in [6.07, 6.45) is 1.27. The van der Waals surface area contributed by atoms with Crippen molar-refractivity contribution in [3.63, 3.8) is 0 Å². The molecule has 1 aromatic carbocycles. The van der Waals surface area contributed by atoms with E-state index in [9.17, 15) is 4.79 Å². The van der Waals surface area contributed by atoms with E-state index in [1.807, 2.05) is 24.3 Å². The number of rotatable bonds is 6. The summed E-state index contributed by atoms with van der Waals surface area (Å²) in [7, 11) is 1.39. The van der Waals surface area contributed by atoms with Crippen LogP contribution in [0.1, 0.15) is 52.0 Å². The Kier molecular flexibility index (Phi) is 6.98. The van der Waals surface area contributed by atoms with Crippen LogP contribution in [-0.2, 0) is 9.53 Å². The topological polar surface area (TPSA) is 35.5 Å². The number of carbonyl (C=O) groups is 1. The van der Waals surface area contributed by atoms with Crippen molar-refractivity contribution in [2.24, 2.45) is 5.41 Å². The smallest absolute Gasteiger partial charge is 0.307 e. The summed E-state index contributed by atoms with van der Waals surface area (Å²) < 4.78 is 10.5. The lowest BCUT2D eigenvalue weighted by Gasteiger charge is -2.18. The molecule has 0 aliphatic carbocycles. The molecule has 0 saturated carbocycles. The lowest BCUT2D eigenvalue weighted by Crippen LogP contribution is -2.11. The predicted molar refractivity (Wildman–Crippen MR) is 88.8 cm³/mol. The molecule has 0 amide bonds. The van der Waals surface area contributed by atoms with E-state index in [1.165, 1.54) is 7.11 Å². The maximum atomic E-state index is 11.5. The van der Waals surface area contributed by atoms with E-state index in [1.54, 1.807) is 6.92 Å². The third-order valence-electron chi connectivity index (χ3n) is 3.32. The minimum atomic E-state index is -0.252. The van der Waals surface area contributed by atoms with Gasteiger partial charge in [0.05, 0.1) is 26.1 Å².